The number of hydrogen-bond acceptors (Lipinski definition) is 3. The molecule has 0 aromatic heterocycles. The van der Waals surface area contributed by atoms with E-state index in [1.165, 1.54) is 0 Å². The molecule has 5 heteroatoms. The molecule has 0 heterocycles. The van der Waals surface area contributed by atoms with Gasteiger partial charge >= 0.3 is 0 Å². The van der Waals surface area contributed by atoms with E-state index in [9.17, 15) is 9.59 Å². The number of para-hydroxylation sites is 2. The van der Waals surface area contributed by atoms with E-state index in [1.54, 1.807) is 24.3 Å². The van der Waals surface area contributed by atoms with Crippen LogP contribution in [0.3, 0.4) is 0 Å². The Bertz CT molecular complexity index is 731. The summed E-state index contributed by atoms with van der Waals surface area (Å²) in [6.07, 6.45) is 0.716. The third kappa shape index (κ3) is 5.34. The molecule has 0 fully saturated rings. The molecule has 0 aliphatic carbocycles. The van der Waals surface area contributed by atoms with Gasteiger partial charge in [-0.3, -0.25) is 9.59 Å². The molecule has 26 heavy (non-hydrogen) atoms. The fourth-order valence-corrected chi connectivity index (χ4v) is 2.39. The number of benzene rings is 2. The first kappa shape index (κ1) is 19.5. The molecule has 138 valence electrons. The number of ether oxygens (including phenoxy) is 1. The van der Waals surface area contributed by atoms with Crippen molar-refractivity contribution < 1.29 is 14.3 Å². The molecule has 2 aromatic rings. The van der Waals surface area contributed by atoms with E-state index in [1.807, 2.05) is 51.1 Å². The third-order valence-electron chi connectivity index (χ3n) is 4.10. The quantitative estimate of drug-likeness (QED) is 0.753. The van der Waals surface area contributed by atoms with Crippen molar-refractivity contribution in [1.29, 1.82) is 0 Å². The molecule has 5 nitrogen and oxygen atoms in total. The van der Waals surface area contributed by atoms with Gasteiger partial charge in [0, 0.05) is 6.04 Å². The monoisotopic (exact) mass is 354 g/mol. The van der Waals surface area contributed by atoms with Crippen molar-refractivity contribution in [3.8, 4) is 5.75 Å². The van der Waals surface area contributed by atoms with Gasteiger partial charge in [0.1, 0.15) is 5.75 Å². The second-order valence-corrected chi connectivity index (χ2v) is 6.15. The summed E-state index contributed by atoms with van der Waals surface area (Å²) in [5.74, 6) is 0.157. The average Bonchev–Trinajstić information content (AvgIpc) is 2.67. The van der Waals surface area contributed by atoms with Gasteiger partial charge < -0.3 is 15.4 Å². The second-order valence-electron chi connectivity index (χ2n) is 6.15. The SMILES string of the molecule is CC[C@@H](C)NC(=O)c1ccccc1NC(=O)[C@H](CC)Oc1ccccc1. The minimum Gasteiger partial charge on any atom is -0.481 e. The van der Waals surface area contributed by atoms with Gasteiger partial charge in [0.05, 0.1) is 11.3 Å². The Hall–Kier alpha value is -2.82. The van der Waals surface area contributed by atoms with E-state index in [-0.39, 0.29) is 17.9 Å². The van der Waals surface area contributed by atoms with Crippen LogP contribution in [0.2, 0.25) is 0 Å². The Morgan fingerprint density at radius 1 is 0.962 bits per heavy atom. The maximum absolute atomic E-state index is 12.6. The highest BCUT2D eigenvalue weighted by Gasteiger charge is 2.21. The van der Waals surface area contributed by atoms with Crippen molar-refractivity contribution in [1.82, 2.24) is 5.32 Å². The summed E-state index contributed by atoms with van der Waals surface area (Å²) in [5.41, 5.74) is 0.920. The largest absolute Gasteiger partial charge is 0.481 e. The predicted molar refractivity (Wildman–Crippen MR) is 103 cm³/mol. The summed E-state index contributed by atoms with van der Waals surface area (Å²) < 4.78 is 5.77. The van der Waals surface area contributed by atoms with Crippen molar-refractivity contribution in [3.63, 3.8) is 0 Å². The van der Waals surface area contributed by atoms with Crippen LogP contribution in [-0.4, -0.2) is 24.0 Å². The van der Waals surface area contributed by atoms with Crippen molar-refractivity contribution in [3.05, 3.63) is 60.2 Å². The van der Waals surface area contributed by atoms with Gasteiger partial charge in [-0.05, 0) is 44.0 Å². The van der Waals surface area contributed by atoms with Crippen LogP contribution in [0.5, 0.6) is 5.75 Å². The molecule has 2 rings (SSSR count). The molecule has 0 saturated carbocycles. The van der Waals surface area contributed by atoms with E-state index in [0.29, 0.717) is 23.4 Å². The molecule has 0 saturated heterocycles. The minimum absolute atomic E-state index is 0.0658. The maximum atomic E-state index is 12.6. The van der Waals surface area contributed by atoms with Crippen molar-refractivity contribution in [2.75, 3.05) is 5.32 Å². The average molecular weight is 354 g/mol. The molecule has 0 aliphatic rings. The molecule has 0 aliphatic heterocycles. The standard InChI is InChI=1S/C21H26N2O3/c1-4-15(3)22-20(24)17-13-9-10-14-18(17)23-21(25)19(5-2)26-16-11-7-6-8-12-16/h6-15,19H,4-5H2,1-3H3,(H,22,24)(H,23,25)/t15-,19+/m1/s1. The van der Waals surface area contributed by atoms with Crippen LogP contribution in [0, 0.1) is 0 Å². The van der Waals surface area contributed by atoms with Gasteiger partial charge in [-0.25, -0.2) is 0 Å². The van der Waals surface area contributed by atoms with Crippen LogP contribution >= 0.6 is 0 Å². The Morgan fingerprint density at radius 3 is 2.27 bits per heavy atom. The third-order valence-corrected chi connectivity index (χ3v) is 4.10. The summed E-state index contributed by atoms with van der Waals surface area (Å²) in [6.45, 7) is 5.83. The van der Waals surface area contributed by atoms with E-state index in [2.05, 4.69) is 10.6 Å². The van der Waals surface area contributed by atoms with E-state index < -0.39 is 6.10 Å². The molecule has 2 amide bonds. The number of anilines is 1. The molecule has 0 unspecified atom stereocenters. The van der Waals surface area contributed by atoms with E-state index in [0.717, 1.165) is 6.42 Å². The Labute approximate surface area is 154 Å². The minimum atomic E-state index is -0.636. The highest BCUT2D eigenvalue weighted by atomic mass is 16.5. The lowest BCUT2D eigenvalue weighted by Gasteiger charge is -2.19. The maximum Gasteiger partial charge on any atom is 0.265 e. The van der Waals surface area contributed by atoms with E-state index in [4.69, 9.17) is 4.74 Å². The molecule has 0 bridgehead atoms. The number of hydrogen-bond donors (Lipinski definition) is 2. The molecule has 0 spiro atoms. The predicted octanol–water partition coefficient (Wildman–Crippen LogP) is 4.01. The summed E-state index contributed by atoms with van der Waals surface area (Å²) in [7, 11) is 0. The summed E-state index contributed by atoms with van der Waals surface area (Å²) >= 11 is 0. The molecule has 0 radical (unpaired) electrons. The molecular weight excluding hydrogens is 328 g/mol. The van der Waals surface area contributed by atoms with Gasteiger partial charge in [0.25, 0.3) is 11.8 Å². The van der Waals surface area contributed by atoms with Gasteiger partial charge in [-0.1, -0.05) is 44.2 Å². The molecule has 2 atom stereocenters. The fraction of sp³-hybridized carbons (Fsp3) is 0.333. The normalized spacial score (nSPS) is 12.7. The molecule has 2 N–H and O–H groups in total. The Morgan fingerprint density at radius 2 is 1.62 bits per heavy atom. The van der Waals surface area contributed by atoms with Gasteiger partial charge in [0.15, 0.2) is 6.10 Å². The number of nitrogens with one attached hydrogen (secondary N) is 2. The second kappa shape index (κ2) is 9.61. The lowest BCUT2D eigenvalue weighted by atomic mass is 10.1. The van der Waals surface area contributed by atoms with Gasteiger partial charge in [-0.2, -0.15) is 0 Å². The number of amides is 2. The first-order chi connectivity index (χ1) is 12.5. The van der Waals surface area contributed by atoms with Crippen LogP contribution < -0.4 is 15.4 Å². The summed E-state index contributed by atoms with van der Waals surface area (Å²) in [4.78, 5) is 25.1. The van der Waals surface area contributed by atoms with Crippen LogP contribution in [0.4, 0.5) is 5.69 Å². The summed E-state index contributed by atoms with van der Waals surface area (Å²) in [5, 5.41) is 5.75. The van der Waals surface area contributed by atoms with Crippen LogP contribution in [0.25, 0.3) is 0 Å². The van der Waals surface area contributed by atoms with Gasteiger partial charge in [0.2, 0.25) is 0 Å². The number of carbonyl (C=O) groups is 2. The van der Waals surface area contributed by atoms with Crippen LogP contribution in [-0.2, 0) is 4.79 Å². The fourth-order valence-electron chi connectivity index (χ4n) is 2.39. The van der Waals surface area contributed by atoms with Crippen molar-refractivity contribution in [2.45, 2.75) is 45.8 Å². The molecular formula is C21H26N2O3. The van der Waals surface area contributed by atoms with Crippen LogP contribution in [0.15, 0.2) is 54.6 Å². The summed E-state index contributed by atoms with van der Waals surface area (Å²) in [6, 6.07) is 16.3. The zero-order chi connectivity index (χ0) is 18.9. The molecule has 2 aromatic carbocycles. The number of rotatable bonds is 8. The Kier molecular flexibility index (Phi) is 7.21. The smallest absolute Gasteiger partial charge is 0.265 e. The first-order valence-electron chi connectivity index (χ1n) is 8.97. The van der Waals surface area contributed by atoms with Gasteiger partial charge in [-0.15, -0.1) is 0 Å². The number of carbonyl (C=O) groups excluding carboxylic acids is 2. The zero-order valence-corrected chi connectivity index (χ0v) is 15.5. The van der Waals surface area contributed by atoms with Crippen LogP contribution in [0.1, 0.15) is 44.0 Å². The lowest BCUT2D eigenvalue weighted by Crippen LogP contribution is -2.35. The highest BCUT2D eigenvalue weighted by Crippen LogP contribution is 2.18. The topological polar surface area (TPSA) is 67.4 Å². The lowest BCUT2D eigenvalue weighted by molar-refractivity contribution is -0.122. The first-order valence-corrected chi connectivity index (χ1v) is 8.97. The zero-order valence-electron chi connectivity index (χ0n) is 15.5. The van der Waals surface area contributed by atoms with E-state index >= 15 is 0 Å². The Balaban J connectivity index is 2.11. The van der Waals surface area contributed by atoms with Crippen molar-refractivity contribution in [2.24, 2.45) is 0 Å². The highest BCUT2D eigenvalue weighted by molar-refractivity contribution is 6.04. The van der Waals surface area contributed by atoms with Crippen molar-refractivity contribution >= 4 is 17.5 Å².